The molecule has 1 aliphatic heterocycles. The van der Waals surface area contributed by atoms with Gasteiger partial charge in [-0.3, -0.25) is 19.7 Å². The number of nitrogens with one attached hydrogen (secondary N) is 1. The van der Waals surface area contributed by atoms with E-state index in [9.17, 15) is 19.7 Å². The fourth-order valence-electron chi connectivity index (χ4n) is 2.22. The van der Waals surface area contributed by atoms with Gasteiger partial charge in [0, 0.05) is 31.5 Å². The number of non-ortho nitro benzene ring substituents is 1. The number of carbonyl (C=O) groups excluding carboxylic acids is 2. The first-order chi connectivity index (χ1) is 8.90. The molecule has 1 heterocycles. The summed E-state index contributed by atoms with van der Waals surface area (Å²) in [5.41, 5.74) is 0.656. The molecule has 19 heavy (non-hydrogen) atoms. The Kier molecular flexibility index (Phi) is 3.20. The molecule has 1 atom stereocenters. The van der Waals surface area contributed by atoms with Crippen molar-refractivity contribution in [3.63, 3.8) is 0 Å². The molecule has 7 nitrogen and oxygen atoms in total. The molecule has 0 aromatic heterocycles. The molecule has 1 aromatic carbocycles. The summed E-state index contributed by atoms with van der Waals surface area (Å²) < 4.78 is 0. The summed E-state index contributed by atoms with van der Waals surface area (Å²) in [6, 6.07) is 3.70. The van der Waals surface area contributed by atoms with Gasteiger partial charge in [-0.1, -0.05) is 0 Å². The van der Waals surface area contributed by atoms with Crippen LogP contribution < -0.4 is 10.2 Å². The third-order valence-electron chi connectivity index (χ3n) is 2.99. The van der Waals surface area contributed by atoms with Crippen LogP contribution in [0.5, 0.6) is 0 Å². The second-order valence-corrected chi connectivity index (χ2v) is 4.45. The molecule has 7 heteroatoms. The van der Waals surface area contributed by atoms with Gasteiger partial charge in [-0.2, -0.15) is 0 Å². The minimum Gasteiger partial charge on any atom is -0.324 e. The highest BCUT2D eigenvalue weighted by atomic mass is 16.6. The van der Waals surface area contributed by atoms with Gasteiger partial charge in [0.1, 0.15) is 0 Å². The van der Waals surface area contributed by atoms with Gasteiger partial charge < -0.3 is 10.2 Å². The lowest BCUT2D eigenvalue weighted by Gasteiger charge is -2.26. The molecule has 1 aliphatic rings. The smallest absolute Gasteiger partial charge is 0.271 e. The van der Waals surface area contributed by atoms with Crippen LogP contribution in [0, 0.1) is 10.1 Å². The van der Waals surface area contributed by atoms with Crippen LogP contribution in [0.3, 0.4) is 0 Å². The lowest BCUT2D eigenvalue weighted by molar-refractivity contribution is -0.384. The first-order valence-corrected chi connectivity index (χ1v) is 5.78. The number of hydrogen-bond acceptors (Lipinski definition) is 4. The van der Waals surface area contributed by atoms with E-state index in [-0.39, 0.29) is 30.0 Å². The topological polar surface area (TPSA) is 92.6 Å². The molecule has 100 valence electrons. The average Bonchev–Trinajstić information content (AvgIpc) is 2.41. The predicted octanol–water partition coefficient (Wildman–Crippen LogP) is 1.68. The zero-order valence-corrected chi connectivity index (χ0v) is 10.5. The van der Waals surface area contributed by atoms with Crippen LogP contribution in [0.15, 0.2) is 18.2 Å². The molecule has 2 rings (SSSR count). The molecule has 1 unspecified atom stereocenters. The third-order valence-corrected chi connectivity index (χ3v) is 2.99. The summed E-state index contributed by atoms with van der Waals surface area (Å²) in [6.45, 7) is 3.10. The summed E-state index contributed by atoms with van der Waals surface area (Å²) in [6.07, 6.45) is 0.155. The summed E-state index contributed by atoms with van der Waals surface area (Å²) in [5, 5.41) is 13.5. The number of carbonyl (C=O) groups is 2. The van der Waals surface area contributed by atoms with Crippen molar-refractivity contribution in [2.24, 2.45) is 0 Å². The van der Waals surface area contributed by atoms with Gasteiger partial charge in [0.05, 0.1) is 16.3 Å². The highest BCUT2D eigenvalue weighted by molar-refractivity contribution is 6.04. The van der Waals surface area contributed by atoms with E-state index in [1.54, 1.807) is 6.92 Å². The van der Waals surface area contributed by atoms with Crippen molar-refractivity contribution in [1.82, 2.24) is 0 Å². The SMILES string of the molecule is CC(=O)N1c2cc([N+](=O)[O-])ccc2NC(=O)CC1C. The van der Waals surface area contributed by atoms with Crippen LogP contribution in [0.4, 0.5) is 17.1 Å². The Morgan fingerprint density at radius 1 is 1.53 bits per heavy atom. The Hall–Kier alpha value is -2.44. The van der Waals surface area contributed by atoms with E-state index in [1.165, 1.54) is 30.0 Å². The number of amides is 2. The van der Waals surface area contributed by atoms with Crippen LogP contribution in [-0.2, 0) is 9.59 Å². The molecule has 0 radical (unpaired) electrons. The molecule has 2 amide bonds. The molecule has 1 aromatic rings. The quantitative estimate of drug-likeness (QED) is 0.616. The number of anilines is 2. The first-order valence-electron chi connectivity index (χ1n) is 5.78. The van der Waals surface area contributed by atoms with Gasteiger partial charge in [0.2, 0.25) is 11.8 Å². The summed E-state index contributed by atoms with van der Waals surface area (Å²) >= 11 is 0. The van der Waals surface area contributed by atoms with Crippen LogP contribution >= 0.6 is 0 Å². The number of nitro groups is 1. The zero-order valence-electron chi connectivity index (χ0n) is 10.5. The van der Waals surface area contributed by atoms with Crippen molar-refractivity contribution in [2.75, 3.05) is 10.2 Å². The number of nitrogens with zero attached hydrogens (tertiary/aromatic N) is 2. The highest BCUT2D eigenvalue weighted by Gasteiger charge is 2.29. The number of fused-ring (bicyclic) bond motifs is 1. The van der Waals surface area contributed by atoms with Crippen molar-refractivity contribution in [2.45, 2.75) is 26.3 Å². The van der Waals surface area contributed by atoms with E-state index in [0.717, 1.165) is 0 Å². The molecule has 0 aliphatic carbocycles. The Labute approximate surface area is 109 Å². The van der Waals surface area contributed by atoms with Gasteiger partial charge in [-0.25, -0.2) is 0 Å². The molecule has 0 saturated heterocycles. The van der Waals surface area contributed by atoms with Crippen LogP contribution in [0.2, 0.25) is 0 Å². The van der Waals surface area contributed by atoms with Crippen LogP contribution in [-0.4, -0.2) is 22.8 Å². The molecule has 0 spiro atoms. The molecule has 0 fully saturated rings. The van der Waals surface area contributed by atoms with E-state index in [1.807, 2.05) is 0 Å². The molecule has 0 bridgehead atoms. The van der Waals surface area contributed by atoms with Crippen LogP contribution in [0.1, 0.15) is 20.3 Å². The predicted molar refractivity (Wildman–Crippen MR) is 69.0 cm³/mol. The summed E-state index contributed by atoms with van der Waals surface area (Å²) in [7, 11) is 0. The van der Waals surface area contributed by atoms with Gasteiger partial charge in [0.25, 0.3) is 5.69 Å². The Balaban J connectivity index is 2.60. The van der Waals surface area contributed by atoms with Crippen molar-refractivity contribution >= 4 is 28.9 Å². The maximum atomic E-state index is 11.7. The van der Waals surface area contributed by atoms with Gasteiger partial charge in [0.15, 0.2) is 0 Å². The Morgan fingerprint density at radius 3 is 2.79 bits per heavy atom. The fraction of sp³-hybridized carbons (Fsp3) is 0.333. The van der Waals surface area contributed by atoms with Crippen molar-refractivity contribution < 1.29 is 14.5 Å². The largest absolute Gasteiger partial charge is 0.324 e. The average molecular weight is 263 g/mol. The normalized spacial score (nSPS) is 18.3. The minimum absolute atomic E-state index is 0.117. The molecular weight excluding hydrogens is 250 g/mol. The van der Waals surface area contributed by atoms with Gasteiger partial charge >= 0.3 is 0 Å². The maximum absolute atomic E-state index is 11.7. The molecule has 1 N–H and O–H groups in total. The Morgan fingerprint density at radius 2 is 2.21 bits per heavy atom. The second kappa shape index (κ2) is 4.68. The van der Waals surface area contributed by atoms with E-state index in [0.29, 0.717) is 11.4 Å². The minimum atomic E-state index is -0.532. The monoisotopic (exact) mass is 263 g/mol. The number of benzene rings is 1. The fourth-order valence-corrected chi connectivity index (χ4v) is 2.22. The van der Waals surface area contributed by atoms with E-state index in [2.05, 4.69) is 5.32 Å². The number of hydrogen-bond donors (Lipinski definition) is 1. The molecule has 0 saturated carbocycles. The lowest BCUT2D eigenvalue weighted by atomic mass is 10.1. The standard InChI is InChI=1S/C12H13N3O4/c1-7-5-12(17)13-10-4-3-9(15(18)19)6-11(10)14(7)8(2)16/h3-4,6-7H,5H2,1-2H3,(H,13,17). The van der Waals surface area contributed by atoms with Crippen molar-refractivity contribution in [3.8, 4) is 0 Å². The molecular formula is C12H13N3O4. The van der Waals surface area contributed by atoms with Crippen molar-refractivity contribution in [1.29, 1.82) is 0 Å². The van der Waals surface area contributed by atoms with E-state index in [4.69, 9.17) is 0 Å². The zero-order chi connectivity index (χ0) is 14.2. The third kappa shape index (κ3) is 2.40. The van der Waals surface area contributed by atoms with E-state index < -0.39 is 4.92 Å². The van der Waals surface area contributed by atoms with Crippen LogP contribution in [0.25, 0.3) is 0 Å². The highest BCUT2D eigenvalue weighted by Crippen LogP contribution is 2.34. The summed E-state index contributed by atoms with van der Waals surface area (Å²) in [4.78, 5) is 35.1. The van der Waals surface area contributed by atoms with Crippen molar-refractivity contribution in [3.05, 3.63) is 28.3 Å². The van der Waals surface area contributed by atoms with Gasteiger partial charge in [-0.05, 0) is 13.0 Å². The summed E-state index contributed by atoms with van der Waals surface area (Å²) in [5.74, 6) is -0.475. The maximum Gasteiger partial charge on any atom is 0.271 e. The Bertz CT molecular complexity index is 570. The van der Waals surface area contributed by atoms with Gasteiger partial charge in [-0.15, -0.1) is 0 Å². The second-order valence-electron chi connectivity index (χ2n) is 4.45. The van der Waals surface area contributed by atoms with E-state index >= 15 is 0 Å². The number of rotatable bonds is 1. The number of nitro benzene ring substituents is 1. The lowest BCUT2D eigenvalue weighted by Crippen LogP contribution is -2.37. The first kappa shape index (κ1) is 13.0.